The molecule has 2 heterocycles. The number of rotatable bonds is 4. The summed E-state index contributed by atoms with van der Waals surface area (Å²) in [5.41, 5.74) is 0.635. The van der Waals surface area contributed by atoms with Crippen LogP contribution in [0.2, 0.25) is 0 Å². The average molecular weight is 369 g/mol. The highest BCUT2D eigenvalue weighted by Gasteiger charge is 2.53. The van der Waals surface area contributed by atoms with Crippen molar-refractivity contribution in [3.8, 4) is 0 Å². The molecule has 1 aromatic carbocycles. The van der Waals surface area contributed by atoms with E-state index in [0.29, 0.717) is 17.5 Å². The van der Waals surface area contributed by atoms with Gasteiger partial charge in [0.1, 0.15) is 12.0 Å². The summed E-state index contributed by atoms with van der Waals surface area (Å²) in [5, 5.41) is 13.0. The number of ether oxygens (including phenoxy) is 1. The summed E-state index contributed by atoms with van der Waals surface area (Å²) < 4.78 is 7.40. The summed E-state index contributed by atoms with van der Waals surface area (Å²) in [7, 11) is 0. The molecule has 4 rings (SSSR count). The third kappa shape index (κ3) is 3.40. The summed E-state index contributed by atoms with van der Waals surface area (Å²) in [6.45, 7) is 3.87. The van der Waals surface area contributed by atoms with Gasteiger partial charge < -0.3 is 15.2 Å². The van der Waals surface area contributed by atoms with Crippen molar-refractivity contribution >= 4 is 11.7 Å². The van der Waals surface area contributed by atoms with E-state index in [1.165, 1.54) is 4.57 Å². The predicted molar refractivity (Wildman–Crippen MR) is 99.5 cm³/mol. The minimum Gasteiger partial charge on any atom is -0.390 e. The van der Waals surface area contributed by atoms with Gasteiger partial charge in [0, 0.05) is 23.7 Å². The molecule has 1 saturated carbocycles. The summed E-state index contributed by atoms with van der Waals surface area (Å²) in [6.07, 6.45) is 2.65. The quantitative estimate of drug-likeness (QED) is 0.862. The largest absolute Gasteiger partial charge is 0.390 e. The normalized spacial score (nSPS) is 26.0. The van der Waals surface area contributed by atoms with Crippen molar-refractivity contribution in [2.24, 2.45) is 5.41 Å². The zero-order chi connectivity index (χ0) is 19.2. The van der Waals surface area contributed by atoms with E-state index in [0.717, 1.165) is 12.8 Å². The molecule has 2 N–H and O–H groups in total. The standard InChI is InChI=1S/C20H23N3O4/c1-12-11-23(15-10-14(24)16(27-15)20(2)8-9-20)19(26)22-17(12)21-18(25)13-6-4-3-5-7-13/h3-7,11,14-16,24H,8-10H2,1-2H3,(H,21,22,25,26)/t14?,15-,16+/m1/s1. The van der Waals surface area contributed by atoms with E-state index in [-0.39, 0.29) is 23.2 Å². The molecule has 2 aliphatic rings. The van der Waals surface area contributed by atoms with Gasteiger partial charge in [0.2, 0.25) is 0 Å². The van der Waals surface area contributed by atoms with Crippen LogP contribution in [-0.4, -0.2) is 32.8 Å². The highest BCUT2D eigenvalue weighted by molar-refractivity contribution is 6.03. The first kappa shape index (κ1) is 17.9. The first-order chi connectivity index (χ1) is 12.9. The maximum Gasteiger partial charge on any atom is 0.351 e. The third-order valence-electron chi connectivity index (χ3n) is 5.53. The van der Waals surface area contributed by atoms with Crippen LogP contribution < -0.4 is 11.0 Å². The van der Waals surface area contributed by atoms with Gasteiger partial charge in [-0.05, 0) is 37.3 Å². The number of nitrogens with zero attached hydrogens (tertiary/aromatic N) is 2. The smallest absolute Gasteiger partial charge is 0.351 e. The Morgan fingerprint density at radius 1 is 1.33 bits per heavy atom. The van der Waals surface area contributed by atoms with Crippen molar-refractivity contribution in [1.29, 1.82) is 0 Å². The second-order valence-electron chi connectivity index (χ2n) is 7.75. The van der Waals surface area contributed by atoms with Gasteiger partial charge in [0.05, 0.1) is 12.2 Å². The lowest BCUT2D eigenvalue weighted by molar-refractivity contribution is -0.0545. The molecule has 1 unspecified atom stereocenters. The van der Waals surface area contributed by atoms with E-state index in [9.17, 15) is 14.7 Å². The number of hydrogen-bond donors (Lipinski definition) is 2. The van der Waals surface area contributed by atoms with Crippen LogP contribution in [0, 0.1) is 12.3 Å². The Morgan fingerprint density at radius 2 is 2.04 bits per heavy atom. The van der Waals surface area contributed by atoms with Gasteiger partial charge >= 0.3 is 5.69 Å². The zero-order valence-corrected chi connectivity index (χ0v) is 15.4. The molecule has 0 spiro atoms. The van der Waals surface area contributed by atoms with Gasteiger partial charge in [-0.3, -0.25) is 9.36 Å². The summed E-state index contributed by atoms with van der Waals surface area (Å²) in [6, 6.07) is 8.75. The lowest BCUT2D eigenvalue weighted by Gasteiger charge is -2.22. The fourth-order valence-electron chi connectivity index (χ4n) is 3.60. The van der Waals surface area contributed by atoms with Crippen molar-refractivity contribution in [2.45, 2.75) is 51.5 Å². The number of amides is 1. The summed E-state index contributed by atoms with van der Waals surface area (Å²) in [4.78, 5) is 28.8. The van der Waals surface area contributed by atoms with Crippen LogP contribution in [0.4, 0.5) is 5.82 Å². The maximum absolute atomic E-state index is 12.5. The predicted octanol–water partition coefficient (Wildman–Crippen LogP) is 2.25. The van der Waals surface area contributed by atoms with Crippen molar-refractivity contribution < 1.29 is 14.6 Å². The van der Waals surface area contributed by atoms with E-state index in [2.05, 4.69) is 17.2 Å². The maximum atomic E-state index is 12.5. The molecule has 1 amide bonds. The van der Waals surface area contributed by atoms with Gasteiger partial charge in [-0.15, -0.1) is 0 Å². The van der Waals surface area contributed by atoms with Gasteiger partial charge in [-0.25, -0.2) is 4.79 Å². The Labute approximate surface area is 157 Å². The number of nitrogens with one attached hydrogen (secondary N) is 1. The molecule has 1 aliphatic heterocycles. The average Bonchev–Trinajstić information content (AvgIpc) is 3.27. The van der Waals surface area contributed by atoms with Crippen LogP contribution in [0.25, 0.3) is 0 Å². The molecule has 1 aliphatic carbocycles. The van der Waals surface area contributed by atoms with Gasteiger partial charge in [-0.1, -0.05) is 25.1 Å². The molecule has 142 valence electrons. The fraction of sp³-hybridized carbons (Fsp3) is 0.450. The minimum absolute atomic E-state index is 0.00382. The molecular formula is C20H23N3O4. The van der Waals surface area contributed by atoms with Gasteiger partial charge in [0.25, 0.3) is 5.91 Å². The van der Waals surface area contributed by atoms with Crippen LogP contribution in [0.5, 0.6) is 0 Å². The molecule has 2 aromatic rings. The Balaban J connectivity index is 1.54. The highest BCUT2D eigenvalue weighted by Crippen LogP contribution is 2.54. The third-order valence-corrected chi connectivity index (χ3v) is 5.53. The number of aliphatic hydroxyl groups excluding tert-OH is 1. The van der Waals surface area contributed by atoms with Crippen LogP contribution in [0.3, 0.4) is 0 Å². The van der Waals surface area contributed by atoms with Crippen molar-refractivity contribution in [3.05, 3.63) is 58.1 Å². The molecule has 3 atom stereocenters. The number of carbonyl (C=O) groups excluding carboxylic acids is 1. The summed E-state index contributed by atoms with van der Waals surface area (Å²) >= 11 is 0. The molecular weight excluding hydrogens is 346 g/mol. The lowest BCUT2D eigenvalue weighted by atomic mass is 9.97. The SMILES string of the molecule is Cc1cn([C@H]2CC(O)[C@@H](C3(C)CC3)O2)c(=O)nc1NC(=O)c1ccccc1. The Kier molecular flexibility index (Phi) is 4.36. The van der Waals surface area contributed by atoms with Crippen LogP contribution in [-0.2, 0) is 4.74 Å². The Morgan fingerprint density at radius 3 is 2.70 bits per heavy atom. The number of aromatic nitrogens is 2. The molecule has 1 aromatic heterocycles. The van der Waals surface area contributed by atoms with E-state index in [4.69, 9.17) is 4.74 Å². The lowest BCUT2D eigenvalue weighted by Crippen LogP contribution is -2.31. The van der Waals surface area contributed by atoms with E-state index < -0.39 is 18.0 Å². The molecule has 0 radical (unpaired) electrons. The summed E-state index contributed by atoms with van der Waals surface area (Å²) in [5.74, 6) is -0.0908. The number of benzene rings is 1. The molecule has 0 bridgehead atoms. The topological polar surface area (TPSA) is 93.4 Å². The highest BCUT2D eigenvalue weighted by atomic mass is 16.5. The van der Waals surface area contributed by atoms with Gasteiger partial charge in [0.15, 0.2) is 0 Å². The number of aryl methyl sites for hydroxylation is 1. The van der Waals surface area contributed by atoms with Crippen molar-refractivity contribution in [2.75, 3.05) is 5.32 Å². The Bertz CT molecular complexity index is 921. The van der Waals surface area contributed by atoms with Crippen LogP contribution in [0.1, 0.15) is 48.3 Å². The molecule has 27 heavy (non-hydrogen) atoms. The number of hydrogen-bond acceptors (Lipinski definition) is 5. The van der Waals surface area contributed by atoms with Crippen molar-refractivity contribution in [3.63, 3.8) is 0 Å². The Hall–Kier alpha value is -2.51. The van der Waals surface area contributed by atoms with Crippen LogP contribution >= 0.6 is 0 Å². The molecule has 1 saturated heterocycles. The first-order valence-corrected chi connectivity index (χ1v) is 9.17. The second kappa shape index (κ2) is 6.58. The van der Waals surface area contributed by atoms with E-state index in [1.54, 1.807) is 37.4 Å². The van der Waals surface area contributed by atoms with Gasteiger partial charge in [-0.2, -0.15) is 4.98 Å². The number of carbonyl (C=O) groups is 1. The van der Waals surface area contributed by atoms with Crippen molar-refractivity contribution in [1.82, 2.24) is 9.55 Å². The fourth-order valence-corrected chi connectivity index (χ4v) is 3.60. The second-order valence-corrected chi connectivity index (χ2v) is 7.75. The molecule has 7 nitrogen and oxygen atoms in total. The number of aliphatic hydroxyl groups is 1. The number of anilines is 1. The minimum atomic E-state index is -0.591. The first-order valence-electron chi connectivity index (χ1n) is 9.17. The molecule has 7 heteroatoms. The zero-order valence-electron chi connectivity index (χ0n) is 15.4. The van der Waals surface area contributed by atoms with E-state index in [1.807, 2.05) is 6.07 Å². The monoisotopic (exact) mass is 369 g/mol. The van der Waals surface area contributed by atoms with E-state index >= 15 is 0 Å². The molecule has 2 fully saturated rings. The van der Waals surface area contributed by atoms with Crippen LogP contribution in [0.15, 0.2) is 41.3 Å².